The highest BCUT2D eigenvalue weighted by molar-refractivity contribution is 6.33. The third-order valence-corrected chi connectivity index (χ3v) is 3.95. The summed E-state index contributed by atoms with van der Waals surface area (Å²) in [5, 5.41) is 7.09. The molecule has 0 saturated heterocycles. The number of rotatable bonds is 5. The number of hydrogen-bond acceptors (Lipinski definition) is 5. The molecule has 0 spiro atoms. The van der Waals surface area contributed by atoms with Gasteiger partial charge >= 0.3 is 5.97 Å². The Morgan fingerprint density at radius 2 is 1.89 bits per heavy atom. The zero-order valence-corrected chi connectivity index (χ0v) is 15.5. The van der Waals surface area contributed by atoms with E-state index < -0.39 is 18.5 Å². The third-order valence-electron chi connectivity index (χ3n) is 3.64. The van der Waals surface area contributed by atoms with Crippen molar-refractivity contribution in [2.24, 2.45) is 0 Å². The van der Waals surface area contributed by atoms with E-state index in [9.17, 15) is 9.59 Å². The first-order valence-corrected chi connectivity index (χ1v) is 8.54. The first kappa shape index (κ1) is 18.6. The molecule has 0 radical (unpaired) electrons. The molecule has 1 N–H and O–H groups in total. The predicted octanol–water partition coefficient (Wildman–Crippen LogP) is 3.33. The molecular formula is C19H17ClN4O3. The van der Waals surface area contributed by atoms with Crippen molar-refractivity contribution in [1.82, 2.24) is 14.8 Å². The second-order valence-electron chi connectivity index (χ2n) is 5.83. The fourth-order valence-electron chi connectivity index (χ4n) is 2.47. The fourth-order valence-corrected chi connectivity index (χ4v) is 2.65. The largest absolute Gasteiger partial charge is 0.451 e. The Bertz CT molecular complexity index is 986. The highest BCUT2D eigenvalue weighted by Gasteiger charge is 2.18. The Kier molecular flexibility index (Phi) is 5.52. The molecule has 138 valence electrons. The van der Waals surface area contributed by atoms with Crippen LogP contribution in [-0.2, 0) is 9.53 Å². The molecule has 7 nitrogen and oxygen atoms in total. The van der Waals surface area contributed by atoms with Crippen LogP contribution in [0.3, 0.4) is 0 Å². The zero-order chi connectivity index (χ0) is 19.4. The van der Waals surface area contributed by atoms with Gasteiger partial charge in [0.15, 0.2) is 18.1 Å². The van der Waals surface area contributed by atoms with Gasteiger partial charge < -0.3 is 10.1 Å². The van der Waals surface area contributed by atoms with Crippen molar-refractivity contribution in [2.45, 2.75) is 13.8 Å². The number of halogens is 1. The summed E-state index contributed by atoms with van der Waals surface area (Å²) in [6.45, 7) is 3.29. The van der Waals surface area contributed by atoms with Crippen LogP contribution in [0, 0.1) is 13.8 Å². The molecule has 0 fully saturated rings. The topological polar surface area (TPSA) is 86.1 Å². The van der Waals surface area contributed by atoms with Gasteiger partial charge in [-0.2, -0.15) is 5.10 Å². The SMILES string of the molecule is Cc1cc(C)n(-c2ccc(Cl)c(C(=O)OCC(=O)Nc3ccccc3)n2)n1. The molecule has 1 amide bonds. The summed E-state index contributed by atoms with van der Waals surface area (Å²) >= 11 is 6.08. The van der Waals surface area contributed by atoms with Crippen molar-refractivity contribution < 1.29 is 14.3 Å². The second kappa shape index (κ2) is 8.01. The summed E-state index contributed by atoms with van der Waals surface area (Å²) in [6, 6.07) is 14.0. The van der Waals surface area contributed by atoms with Gasteiger partial charge in [0.1, 0.15) is 0 Å². The van der Waals surface area contributed by atoms with Crippen LogP contribution in [-0.4, -0.2) is 33.2 Å². The number of para-hydroxylation sites is 1. The number of hydrogen-bond donors (Lipinski definition) is 1. The first-order chi connectivity index (χ1) is 12.9. The monoisotopic (exact) mass is 384 g/mol. The van der Waals surface area contributed by atoms with E-state index in [0.717, 1.165) is 11.4 Å². The van der Waals surface area contributed by atoms with Crippen molar-refractivity contribution in [1.29, 1.82) is 0 Å². The first-order valence-electron chi connectivity index (χ1n) is 8.16. The van der Waals surface area contributed by atoms with E-state index >= 15 is 0 Å². The zero-order valence-electron chi connectivity index (χ0n) is 14.8. The number of carbonyl (C=O) groups excluding carboxylic acids is 2. The number of esters is 1. The molecule has 3 rings (SSSR count). The summed E-state index contributed by atoms with van der Waals surface area (Å²) in [4.78, 5) is 28.5. The number of nitrogens with zero attached hydrogens (tertiary/aromatic N) is 3. The molecule has 3 aromatic rings. The smallest absolute Gasteiger partial charge is 0.359 e. The molecule has 0 aliphatic carbocycles. The lowest BCUT2D eigenvalue weighted by molar-refractivity contribution is -0.119. The molecule has 0 atom stereocenters. The Morgan fingerprint density at radius 1 is 1.15 bits per heavy atom. The molecule has 2 aromatic heterocycles. The molecular weight excluding hydrogens is 368 g/mol. The molecule has 0 bridgehead atoms. The van der Waals surface area contributed by atoms with Crippen LogP contribution in [0.25, 0.3) is 5.82 Å². The van der Waals surface area contributed by atoms with E-state index in [1.807, 2.05) is 26.0 Å². The second-order valence-corrected chi connectivity index (χ2v) is 6.24. The molecule has 0 saturated carbocycles. The van der Waals surface area contributed by atoms with Crippen LogP contribution in [0.5, 0.6) is 0 Å². The number of carbonyl (C=O) groups is 2. The minimum atomic E-state index is -0.786. The molecule has 27 heavy (non-hydrogen) atoms. The van der Waals surface area contributed by atoms with E-state index in [2.05, 4.69) is 15.4 Å². The molecule has 0 aliphatic heterocycles. The maximum Gasteiger partial charge on any atom is 0.359 e. The lowest BCUT2D eigenvalue weighted by Gasteiger charge is -2.09. The van der Waals surface area contributed by atoms with Gasteiger partial charge in [-0.3, -0.25) is 4.79 Å². The lowest BCUT2D eigenvalue weighted by Crippen LogP contribution is -2.21. The summed E-state index contributed by atoms with van der Waals surface area (Å²) in [5.41, 5.74) is 2.23. The maximum atomic E-state index is 12.3. The standard InChI is InChI=1S/C19H17ClN4O3/c1-12-10-13(2)24(23-12)16-9-8-15(20)18(22-16)19(26)27-11-17(25)21-14-6-4-3-5-7-14/h3-10H,11H2,1-2H3,(H,21,25). The highest BCUT2D eigenvalue weighted by atomic mass is 35.5. The van der Waals surface area contributed by atoms with Gasteiger partial charge in [-0.25, -0.2) is 14.5 Å². The van der Waals surface area contributed by atoms with Gasteiger partial charge in [0, 0.05) is 11.4 Å². The molecule has 2 heterocycles. The quantitative estimate of drug-likeness (QED) is 0.682. The van der Waals surface area contributed by atoms with Crippen LogP contribution < -0.4 is 5.32 Å². The van der Waals surface area contributed by atoms with Crippen LogP contribution in [0.4, 0.5) is 5.69 Å². The van der Waals surface area contributed by atoms with Crippen molar-refractivity contribution >= 4 is 29.2 Å². The molecule has 8 heteroatoms. The Balaban J connectivity index is 1.70. The van der Waals surface area contributed by atoms with Gasteiger partial charge in [0.2, 0.25) is 0 Å². The minimum absolute atomic E-state index is 0.0748. The number of amides is 1. The van der Waals surface area contributed by atoms with Gasteiger partial charge in [-0.1, -0.05) is 29.8 Å². The Morgan fingerprint density at radius 3 is 2.56 bits per heavy atom. The summed E-state index contributed by atoms with van der Waals surface area (Å²) < 4.78 is 6.64. The number of ether oxygens (including phenoxy) is 1. The summed E-state index contributed by atoms with van der Waals surface area (Å²) in [7, 11) is 0. The number of pyridine rings is 1. The number of benzene rings is 1. The number of aryl methyl sites for hydroxylation is 2. The Hall–Kier alpha value is -3.19. The number of aromatic nitrogens is 3. The van der Waals surface area contributed by atoms with Crippen LogP contribution in [0.2, 0.25) is 5.02 Å². The fraction of sp³-hybridized carbons (Fsp3) is 0.158. The van der Waals surface area contributed by atoms with Crippen molar-refractivity contribution in [3.63, 3.8) is 0 Å². The summed E-state index contributed by atoms with van der Waals surface area (Å²) in [6.07, 6.45) is 0. The average molecular weight is 385 g/mol. The lowest BCUT2D eigenvalue weighted by atomic mass is 10.3. The maximum absolute atomic E-state index is 12.3. The van der Waals surface area contributed by atoms with Gasteiger partial charge in [-0.05, 0) is 44.2 Å². The van der Waals surface area contributed by atoms with Crippen molar-refractivity contribution in [2.75, 3.05) is 11.9 Å². The molecule has 1 aromatic carbocycles. The average Bonchev–Trinajstić information content (AvgIpc) is 2.99. The molecule has 0 unspecified atom stereocenters. The van der Waals surface area contributed by atoms with E-state index in [4.69, 9.17) is 16.3 Å². The van der Waals surface area contributed by atoms with Crippen LogP contribution in [0.15, 0.2) is 48.5 Å². The normalized spacial score (nSPS) is 10.5. The predicted molar refractivity (Wildman–Crippen MR) is 101 cm³/mol. The van der Waals surface area contributed by atoms with E-state index in [0.29, 0.717) is 11.5 Å². The van der Waals surface area contributed by atoms with Gasteiger partial charge in [-0.15, -0.1) is 0 Å². The van der Waals surface area contributed by atoms with Crippen molar-refractivity contribution in [3.05, 3.63) is 70.6 Å². The van der Waals surface area contributed by atoms with E-state index in [1.165, 1.54) is 0 Å². The van der Waals surface area contributed by atoms with Crippen LogP contribution >= 0.6 is 11.6 Å². The highest BCUT2D eigenvalue weighted by Crippen LogP contribution is 2.18. The third kappa shape index (κ3) is 4.51. The molecule has 0 aliphatic rings. The number of nitrogens with one attached hydrogen (secondary N) is 1. The minimum Gasteiger partial charge on any atom is -0.451 e. The van der Waals surface area contributed by atoms with E-state index in [1.54, 1.807) is 41.1 Å². The Labute approximate surface area is 160 Å². The van der Waals surface area contributed by atoms with E-state index in [-0.39, 0.29) is 10.7 Å². The van der Waals surface area contributed by atoms with Crippen molar-refractivity contribution in [3.8, 4) is 5.82 Å². The van der Waals surface area contributed by atoms with Gasteiger partial charge in [0.25, 0.3) is 5.91 Å². The van der Waals surface area contributed by atoms with Gasteiger partial charge in [0.05, 0.1) is 10.7 Å². The van der Waals surface area contributed by atoms with Crippen LogP contribution in [0.1, 0.15) is 21.9 Å². The number of anilines is 1. The summed E-state index contributed by atoms with van der Waals surface area (Å²) in [5.74, 6) is -0.808.